The van der Waals surface area contributed by atoms with Crippen LogP contribution in [0.5, 0.6) is 0 Å². The van der Waals surface area contributed by atoms with Gasteiger partial charge in [-0.15, -0.1) is 0 Å². The summed E-state index contributed by atoms with van der Waals surface area (Å²) in [5.41, 5.74) is 27.9. The number of allylic oxidation sites excluding steroid dienone is 38. The maximum Gasteiger partial charge on any atom is 0.483 e. The second-order valence-corrected chi connectivity index (χ2v) is 46.1. The van der Waals surface area contributed by atoms with Gasteiger partial charge in [0.15, 0.2) is 18.9 Å². The lowest BCUT2D eigenvalue weighted by atomic mass is 9.94. The lowest BCUT2D eigenvalue weighted by Crippen LogP contribution is -2.70. The first kappa shape index (κ1) is 136. The van der Waals surface area contributed by atoms with Gasteiger partial charge in [-0.05, 0) is 395 Å². The maximum atomic E-state index is 13.4. The minimum atomic E-state index is -5.71. The third-order valence-electron chi connectivity index (χ3n) is 28.0. The van der Waals surface area contributed by atoms with E-state index in [4.69, 9.17) is 32.7 Å². The molecule has 3 fully saturated rings. The van der Waals surface area contributed by atoms with Crippen LogP contribution in [0.15, 0.2) is 221 Å². The van der Waals surface area contributed by atoms with Gasteiger partial charge in [-0.2, -0.15) is 4.31 Å². The van der Waals surface area contributed by atoms with E-state index in [1.165, 1.54) is 119 Å². The van der Waals surface area contributed by atoms with Crippen LogP contribution < -0.4 is 10.6 Å². The highest BCUT2D eigenvalue weighted by Gasteiger charge is 2.56. The summed E-state index contributed by atoms with van der Waals surface area (Å²) in [6.07, 6.45) is 63.7. The van der Waals surface area contributed by atoms with Crippen molar-refractivity contribution in [1.82, 2.24) is 10.6 Å². The van der Waals surface area contributed by atoms with Crippen molar-refractivity contribution in [2.75, 3.05) is 26.4 Å². The van der Waals surface area contributed by atoms with Crippen LogP contribution in [0, 0.1) is 5.92 Å². The van der Waals surface area contributed by atoms with Crippen LogP contribution in [0.2, 0.25) is 0 Å². The number of hydrogen-bond acceptors (Lipinski definition) is 20. The minimum absolute atomic E-state index is 0.00508. The molecule has 3 saturated heterocycles. The molecule has 842 valence electrons. The van der Waals surface area contributed by atoms with Crippen LogP contribution >= 0.6 is 15.6 Å². The van der Waals surface area contributed by atoms with Gasteiger partial charge in [0, 0.05) is 13.8 Å². The normalized spacial score (nSPS) is 24.6. The number of phosphoric ester groups is 2. The van der Waals surface area contributed by atoms with Gasteiger partial charge in [-0.1, -0.05) is 228 Å². The van der Waals surface area contributed by atoms with Gasteiger partial charge in [-0.25, -0.2) is 9.13 Å². The number of rotatable bonds is 74. The number of phosphoric acid groups is 2. The molecule has 0 bridgehead atoms. The molecule has 148 heavy (non-hydrogen) atoms. The molecule has 0 radical (unpaired) electrons. The molecule has 26 heteroatoms. The van der Waals surface area contributed by atoms with Gasteiger partial charge >= 0.3 is 15.6 Å². The first-order chi connectivity index (χ1) is 70.1. The summed E-state index contributed by atoms with van der Waals surface area (Å²) in [6, 6.07) is -3.54. The number of carbonyl (C=O) groups is 2. The molecule has 2 amide bonds. The van der Waals surface area contributed by atoms with E-state index in [1.54, 1.807) is 0 Å². The number of hydrogen-bond donors (Lipinski definition) is 12. The Morgan fingerprint density at radius 2 is 0.493 bits per heavy atom. The van der Waals surface area contributed by atoms with E-state index in [-0.39, 0.29) is 18.9 Å². The predicted molar refractivity (Wildman–Crippen MR) is 606 cm³/mol. The summed E-state index contributed by atoms with van der Waals surface area (Å²) >= 11 is 0. The Kier molecular flexibility index (Phi) is 70.8. The molecule has 12 N–H and O–H groups in total. The van der Waals surface area contributed by atoms with Crippen LogP contribution in [0.1, 0.15) is 410 Å². The van der Waals surface area contributed by atoms with E-state index in [2.05, 4.69) is 269 Å². The average molecular weight is 2110 g/mol. The molecule has 0 aromatic rings. The summed E-state index contributed by atoms with van der Waals surface area (Å²) in [6.45, 7) is 46.1. The molecule has 3 rings (SSSR count). The quantitative estimate of drug-likeness (QED) is 0.0199. The Morgan fingerprint density at radius 1 is 0.277 bits per heavy atom. The van der Waals surface area contributed by atoms with Crippen molar-refractivity contribution in [2.45, 2.75) is 502 Å². The molecule has 0 aromatic heterocycles. The van der Waals surface area contributed by atoms with Crippen LogP contribution in [0.3, 0.4) is 0 Å². The lowest BCUT2D eigenvalue weighted by molar-refractivity contribution is -0.360. The molecular formula is C122H202N2O22P2. The van der Waals surface area contributed by atoms with E-state index >= 15 is 0 Å². The molecule has 3 heterocycles. The molecule has 18 atom stereocenters. The first-order valence-electron chi connectivity index (χ1n) is 55.3. The SMILES string of the molecule is CC(=O)NC1[C@H](O[C@@H]2C(CO)O[C@@H](OP(=O)(O)OP(=O)(O)OCC[C@@H](C)CC/C=C(/C)CC/C=C(/C)CC/C=C(/C)CC/C=C(/C)CC/C=C(/C)CC/C=C(/C)CC/C=C(/C)CC/C=C(/C)CC/C=C(/C)CC/C=C(/C)CC/C=C(/C)CC/C=C(/C)CC/C=C(/C)CC/C=C(/C)CC/C=C(/C)CC/C=C(/C)CC/C=C(\C)CC/C=C(\C)CCC=C(C)C)C(NC(C)=O)[C@H]2O)OC(CO)[C@@H](O[C@@H]2OC(CO)[C@@H](O)[C@H](O)C2O)[C@@H]1O. The van der Waals surface area contributed by atoms with Crippen molar-refractivity contribution < 1.29 is 106 Å². The van der Waals surface area contributed by atoms with Crippen LogP contribution in [0.4, 0.5) is 0 Å². The molecule has 0 saturated carbocycles. The second kappa shape index (κ2) is 77.1. The van der Waals surface area contributed by atoms with Crippen molar-refractivity contribution in [3.63, 3.8) is 0 Å². The smallest absolute Gasteiger partial charge is 0.394 e. The van der Waals surface area contributed by atoms with E-state index in [1.807, 2.05) is 6.92 Å². The summed E-state index contributed by atoms with van der Waals surface area (Å²) in [5.74, 6) is -1.65. The molecule has 3 aliphatic rings. The third kappa shape index (κ3) is 62.3. The fourth-order valence-electron chi connectivity index (χ4n) is 18.1. The Balaban J connectivity index is 1.24. The predicted octanol–water partition coefficient (Wildman–Crippen LogP) is 27.8. The number of nitrogens with one attached hydrogen (secondary N) is 2. The summed E-state index contributed by atoms with van der Waals surface area (Å²) in [5, 5.41) is 89.7. The van der Waals surface area contributed by atoms with Gasteiger partial charge in [0.2, 0.25) is 11.8 Å². The molecule has 0 spiro atoms. The molecule has 0 aromatic carbocycles. The van der Waals surface area contributed by atoms with E-state index < -0.39 is 139 Å². The van der Waals surface area contributed by atoms with Crippen LogP contribution in [0.25, 0.3) is 0 Å². The Morgan fingerprint density at radius 3 is 0.730 bits per heavy atom. The summed E-state index contributed by atoms with van der Waals surface area (Å²) in [4.78, 5) is 46.3. The van der Waals surface area contributed by atoms with E-state index in [0.717, 1.165) is 239 Å². The largest absolute Gasteiger partial charge is 0.483 e. The third-order valence-corrected chi connectivity index (χ3v) is 30.6. The second-order valence-electron chi connectivity index (χ2n) is 43.1. The zero-order valence-electron chi connectivity index (χ0n) is 95.4. The number of carbonyl (C=O) groups excluding carboxylic acids is 2. The van der Waals surface area contributed by atoms with Crippen molar-refractivity contribution >= 4 is 27.5 Å². The minimum Gasteiger partial charge on any atom is -0.394 e. The molecular weight excluding hydrogens is 1910 g/mol. The van der Waals surface area contributed by atoms with Gasteiger partial charge in [-0.3, -0.25) is 18.6 Å². The van der Waals surface area contributed by atoms with Crippen LogP contribution in [-0.4, -0.2) is 181 Å². The average Bonchev–Trinajstić information content (AvgIpc) is 0.765. The lowest BCUT2D eigenvalue weighted by Gasteiger charge is -2.49. The highest BCUT2D eigenvalue weighted by molar-refractivity contribution is 7.61. The standard InChI is InChI=1S/C122H202N2O22P2/c1-86(2)43-24-44-87(3)45-25-46-88(4)47-26-48-89(5)49-27-50-90(6)51-28-52-91(7)53-29-54-92(8)55-30-56-93(9)57-31-58-94(10)59-32-60-95(11)61-33-62-96(12)63-34-64-97(13)65-35-66-98(14)67-36-68-99(15)69-37-70-100(16)71-38-72-101(17)73-39-74-102(18)75-40-76-103(19)77-41-78-104(20)79-42-80-105(21)81-82-139-147(135,136)146-148(137,138)145-121-112(124-107(23)129)115(132)118(110(85-127)142-121)143-120-111(123-106(22)128)114(131)119(109(84-126)141-120)144-122-117(134)116(133)113(130)108(83-125)140-122/h43,45,47,49,51,53,55,57,59,61,63,65,67,69,71,73,75,77,79,105,108-122,125-127,130-134H,24-42,44,46,48,50,52,54,56,58,60,62,64,66,68,70,72,74,76,78,80-85H2,1-23H3,(H,123,128)(H,124,129)(H,135,136)(H,137,138)/b87-45+,88-47+,89-49-,90-51-,91-53-,92-55-,93-57-,94-59-,95-61-,96-63-,97-65-,98-67-,99-69-,100-71-,101-73-,102-75-,103-77-,104-79-/t105-,108?,109?,110?,111?,112?,113+,114+,115+,116-,117?,118+,119+,120-,121-,122-/m0/s1. The van der Waals surface area contributed by atoms with Crippen molar-refractivity contribution in [3.05, 3.63) is 221 Å². The monoisotopic (exact) mass is 2110 g/mol. The van der Waals surface area contributed by atoms with Crippen molar-refractivity contribution in [2.24, 2.45) is 5.92 Å². The number of amides is 2. The zero-order chi connectivity index (χ0) is 110. The van der Waals surface area contributed by atoms with Gasteiger partial charge in [0.1, 0.15) is 73.1 Å². The highest BCUT2D eigenvalue weighted by atomic mass is 31.3. The van der Waals surface area contributed by atoms with E-state index in [9.17, 15) is 69.4 Å². The van der Waals surface area contributed by atoms with Gasteiger partial charge < -0.3 is 85.0 Å². The Bertz CT molecular complexity index is 4630. The maximum absolute atomic E-state index is 13.4. The van der Waals surface area contributed by atoms with E-state index in [0.29, 0.717) is 6.42 Å². The van der Waals surface area contributed by atoms with Crippen molar-refractivity contribution in [3.8, 4) is 0 Å². The number of aliphatic hydroxyl groups excluding tert-OH is 8. The summed E-state index contributed by atoms with van der Waals surface area (Å²) < 4.78 is 69.9. The number of ether oxygens (including phenoxy) is 5. The Hall–Kier alpha value is -6.26. The zero-order valence-corrected chi connectivity index (χ0v) is 97.2. The molecule has 3 aliphatic heterocycles. The molecule has 24 nitrogen and oxygen atoms in total. The van der Waals surface area contributed by atoms with Gasteiger partial charge in [0.05, 0.1) is 26.4 Å². The first-order valence-corrected chi connectivity index (χ1v) is 58.3. The van der Waals surface area contributed by atoms with Gasteiger partial charge in [0.25, 0.3) is 0 Å². The van der Waals surface area contributed by atoms with Crippen molar-refractivity contribution in [1.29, 1.82) is 0 Å². The molecule has 0 aliphatic carbocycles. The fourth-order valence-corrected chi connectivity index (χ4v) is 20.3. The topological polar surface area (TPSA) is 368 Å². The molecule has 8 unspecified atom stereocenters. The fraction of sp³-hybridized carbons (Fsp3) is 0.672. The van der Waals surface area contributed by atoms with Crippen LogP contribution in [-0.2, 0) is 55.8 Å². The Labute approximate surface area is 894 Å². The summed E-state index contributed by atoms with van der Waals surface area (Å²) in [7, 11) is -11.1. The number of aliphatic hydroxyl groups is 8. The highest BCUT2D eigenvalue weighted by Crippen LogP contribution is 2.61.